The zero-order valence-corrected chi connectivity index (χ0v) is 35.7. The molecule has 0 atom stereocenters. The largest absolute Gasteiger partial charge is 0.493 e. The molecule has 0 saturated carbocycles. The summed E-state index contributed by atoms with van der Waals surface area (Å²) in [6.45, 7) is 1.58. The third kappa shape index (κ3) is 8.69. The number of aromatic nitrogens is 4. The number of aryl methyl sites for hydroxylation is 2. The first kappa shape index (κ1) is 41.1. The first-order valence-corrected chi connectivity index (χ1v) is 20.6. The third-order valence-corrected chi connectivity index (χ3v) is 11.2. The fourth-order valence-corrected chi connectivity index (χ4v) is 8.30. The SMILES string of the molecule is COc1cc2c(cc1OC)-c1c(-c3ccccc3)nc(N=Cc3ccc(F)cc3)n1CCC2.COc1cc2c(cc1OC)-c1c(Br)nc(N=Cc3ccc(F)cc3)n1CCC2. The molecule has 61 heavy (non-hydrogen) atoms. The predicted octanol–water partition coefficient (Wildman–Crippen LogP) is 11.2. The van der Waals surface area contributed by atoms with Crippen LogP contribution in [0.4, 0.5) is 20.7 Å². The van der Waals surface area contributed by atoms with Gasteiger partial charge in [0.15, 0.2) is 23.0 Å². The summed E-state index contributed by atoms with van der Waals surface area (Å²) < 4.78 is 53.5. The zero-order chi connectivity index (χ0) is 42.5. The second-order valence-corrected chi connectivity index (χ2v) is 15.1. The Kier molecular flexibility index (Phi) is 12.4. The van der Waals surface area contributed by atoms with Crippen molar-refractivity contribution in [1.82, 2.24) is 19.1 Å². The average Bonchev–Trinajstić information content (AvgIpc) is 3.65. The Bertz CT molecular complexity index is 2730. The summed E-state index contributed by atoms with van der Waals surface area (Å²) in [7, 11) is 6.58. The Balaban J connectivity index is 0.000000171. The molecule has 0 radical (unpaired) electrons. The monoisotopic (exact) mass is 884 g/mol. The average molecular weight is 886 g/mol. The molecular weight excluding hydrogens is 842 g/mol. The number of methoxy groups -OCH3 is 4. The molecule has 13 heteroatoms. The van der Waals surface area contributed by atoms with E-state index < -0.39 is 0 Å². The first-order valence-electron chi connectivity index (χ1n) is 19.8. The lowest BCUT2D eigenvalue weighted by molar-refractivity contribution is 0.354. The van der Waals surface area contributed by atoms with Gasteiger partial charge in [-0.25, -0.2) is 28.7 Å². The molecule has 7 aromatic rings. The van der Waals surface area contributed by atoms with E-state index in [4.69, 9.17) is 28.9 Å². The van der Waals surface area contributed by atoms with Crippen LogP contribution in [0.2, 0.25) is 0 Å². The van der Waals surface area contributed by atoms with Gasteiger partial charge in [0, 0.05) is 42.2 Å². The Morgan fingerprint density at radius 1 is 0.574 bits per heavy atom. The van der Waals surface area contributed by atoms with Crippen molar-refractivity contribution in [3.63, 3.8) is 0 Å². The lowest BCUT2D eigenvalue weighted by atomic mass is 9.97. The Labute approximate surface area is 361 Å². The second kappa shape index (κ2) is 18.3. The number of aliphatic imine (C=N–C) groups is 2. The van der Waals surface area contributed by atoms with Gasteiger partial charge in [-0.15, -0.1) is 0 Å². The van der Waals surface area contributed by atoms with Crippen LogP contribution >= 0.6 is 15.9 Å². The van der Waals surface area contributed by atoms with Crippen LogP contribution in [0, 0.1) is 11.6 Å². The number of nitrogens with zero attached hydrogens (tertiary/aromatic N) is 6. The van der Waals surface area contributed by atoms with Crippen LogP contribution < -0.4 is 18.9 Å². The van der Waals surface area contributed by atoms with Gasteiger partial charge in [-0.3, -0.25) is 0 Å². The van der Waals surface area contributed by atoms with E-state index in [2.05, 4.69) is 53.2 Å². The van der Waals surface area contributed by atoms with Gasteiger partial charge in [0.1, 0.15) is 16.2 Å². The van der Waals surface area contributed by atoms with Gasteiger partial charge in [0.2, 0.25) is 11.9 Å². The molecule has 0 amide bonds. The Hall–Kier alpha value is -6.60. The van der Waals surface area contributed by atoms with Crippen LogP contribution in [0.3, 0.4) is 0 Å². The molecular formula is C48H43BrF2N6O4. The minimum absolute atomic E-state index is 0.268. The highest BCUT2D eigenvalue weighted by molar-refractivity contribution is 9.10. The molecule has 4 heterocycles. The summed E-state index contributed by atoms with van der Waals surface area (Å²) in [5.74, 6) is 3.50. The van der Waals surface area contributed by atoms with Crippen LogP contribution in [0.15, 0.2) is 118 Å². The quantitative estimate of drug-likeness (QED) is 0.134. The van der Waals surface area contributed by atoms with Gasteiger partial charge in [-0.2, -0.15) is 0 Å². The maximum atomic E-state index is 13.3. The minimum Gasteiger partial charge on any atom is -0.493 e. The molecule has 0 aliphatic carbocycles. The molecule has 0 N–H and O–H groups in total. The highest BCUT2D eigenvalue weighted by Crippen LogP contribution is 2.45. The van der Waals surface area contributed by atoms with Crippen LogP contribution in [-0.4, -0.2) is 60.0 Å². The van der Waals surface area contributed by atoms with E-state index in [0.717, 1.165) is 99.8 Å². The van der Waals surface area contributed by atoms with Crippen molar-refractivity contribution >= 4 is 40.3 Å². The lowest BCUT2D eigenvalue weighted by Gasteiger charge is -2.14. The van der Waals surface area contributed by atoms with Gasteiger partial charge in [-0.1, -0.05) is 54.6 Å². The van der Waals surface area contributed by atoms with Crippen molar-refractivity contribution in [3.05, 3.63) is 142 Å². The summed E-state index contributed by atoms with van der Waals surface area (Å²) >= 11 is 3.60. The molecule has 0 saturated heterocycles. The number of imidazole rings is 2. The van der Waals surface area contributed by atoms with Gasteiger partial charge in [0.25, 0.3) is 0 Å². The zero-order valence-electron chi connectivity index (χ0n) is 34.2. The van der Waals surface area contributed by atoms with Crippen LogP contribution in [0.1, 0.15) is 35.1 Å². The summed E-state index contributed by atoms with van der Waals surface area (Å²) in [6, 6.07) is 30.7. The Morgan fingerprint density at radius 3 is 1.51 bits per heavy atom. The smallest absolute Gasteiger partial charge is 0.231 e. The number of fused-ring (bicyclic) bond motifs is 6. The summed E-state index contributed by atoms with van der Waals surface area (Å²) in [5, 5.41) is 0. The van der Waals surface area contributed by atoms with Gasteiger partial charge < -0.3 is 28.1 Å². The molecule has 2 aliphatic heterocycles. The van der Waals surface area contributed by atoms with Crippen molar-refractivity contribution in [2.75, 3.05) is 28.4 Å². The molecule has 0 bridgehead atoms. The van der Waals surface area contributed by atoms with Crippen molar-refractivity contribution in [3.8, 4) is 56.8 Å². The second-order valence-electron chi connectivity index (χ2n) is 14.4. The van der Waals surface area contributed by atoms with E-state index in [1.54, 1.807) is 65.1 Å². The number of ether oxygens (including phenoxy) is 4. The number of hydrogen-bond acceptors (Lipinski definition) is 8. The molecule has 2 aromatic heterocycles. The van der Waals surface area contributed by atoms with E-state index in [9.17, 15) is 8.78 Å². The predicted molar refractivity (Wildman–Crippen MR) is 239 cm³/mol. The topological polar surface area (TPSA) is 97.3 Å². The lowest BCUT2D eigenvalue weighted by Crippen LogP contribution is -1.99. The van der Waals surface area contributed by atoms with E-state index >= 15 is 0 Å². The van der Waals surface area contributed by atoms with Gasteiger partial charge in [-0.05, 0) is 112 Å². The maximum Gasteiger partial charge on any atom is 0.231 e. The molecule has 0 fully saturated rings. The molecule has 9 rings (SSSR count). The van der Waals surface area contributed by atoms with Crippen molar-refractivity contribution < 1.29 is 27.7 Å². The fourth-order valence-electron chi connectivity index (χ4n) is 7.72. The normalized spacial score (nSPS) is 13.0. The van der Waals surface area contributed by atoms with E-state index in [-0.39, 0.29) is 11.6 Å². The highest BCUT2D eigenvalue weighted by atomic mass is 79.9. The fraction of sp³-hybridized carbons (Fsp3) is 0.208. The van der Waals surface area contributed by atoms with Crippen molar-refractivity contribution in [2.45, 2.75) is 38.8 Å². The third-order valence-electron chi connectivity index (χ3n) is 10.7. The molecule has 0 spiro atoms. The molecule has 5 aromatic carbocycles. The van der Waals surface area contributed by atoms with Crippen LogP contribution in [0.5, 0.6) is 23.0 Å². The minimum atomic E-state index is -0.269. The first-order chi connectivity index (χ1) is 29.8. The number of rotatable bonds is 9. The molecule has 310 valence electrons. The van der Waals surface area contributed by atoms with Gasteiger partial charge >= 0.3 is 0 Å². The standard InChI is InChI=1S/C27H24FN3O2.C21H19BrFN3O2/c1-32-23-15-20-9-6-14-31-26(22(20)16-24(23)33-2)25(19-7-4-3-5-8-19)30-27(31)29-17-18-10-12-21(28)13-11-18;1-27-17-10-14-4-3-9-26-19(16(14)11-18(17)28-2)20(22)25-21(26)24-12-13-5-7-15(23)8-6-13/h3-5,7-8,10-13,15-17H,6,9,14H2,1-2H3;5-8,10-12H,3-4,9H2,1-2H3. The number of benzene rings is 5. The van der Waals surface area contributed by atoms with E-state index in [1.165, 1.54) is 35.4 Å². The highest BCUT2D eigenvalue weighted by Gasteiger charge is 2.27. The van der Waals surface area contributed by atoms with Crippen molar-refractivity contribution in [2.24, 2.45) is 9.98 Å². The van der Waals surface area contributed by atoms with Crippen molar-refractivity contribution in [1.29, 1.82) is 0 Å². The van der Waals surface area contributed by atoms with E-state index in [1.807, 2.05) is 36.4 Å². The van der Waals surface area contributed by atoms with Crippen LogP contribution in [-0.2, 0) is 25.9 Å². The van der Waals surface area contributed by atoms with Gasteiger partial charge in [0.05, 0.1) is 45.5 Å². The molecule has 2 aliphatic rings. The molecule has 10 nitrogen and oxygen atoms in total. The van der Waals surface area contributed by atoms with Crippen LogP contribution in [0.25, 0.3) is 33.8 Å². The summed E-state index contributed by atoms with van der Waals surface area (Å²) in [4.78, 5) is 18.8. The number of hydrogen-bond donors (Lipinski definition) is 0. The van der Waals surface area contributed by atoms with E-state index in [0.29, 0.717) is 23.4 Å². The number of halogens is 3. The molecule has 0 unspecified atom stereocenters. The summed E-state index contributed by atoms with van der Waals surface area (Å²) in [5.41, 5.74) is 10.0. The summed E-state index contributed by atoms with van der Waals surface area (Å²) in [6.07, 6.45) is 7.15. The maximum absolute atomic E-state index is 13.3. The Morgan fingerprint density at radius 2 is 1.02 bits per heavy atom.